The van der Waals surface area contributed by atoms with Crippen molar-refractivity contribution < 1.29 is 15.0 Å². The number of unbranched alkanes of at least 4 members (excludes halogenated alkanes) is 33. The molecule has 0 saturated carbocycles. The van der Waals surface area contributed by atoms with Crippen LogP contribution in [0.3, 0.4) is 0 Å². The molecule has 0 aliphatic carbocycles. The highest BCUT2D eigenvalue weighted by molar-refractivity contribution is 5.76. The van der Waals surface area contributed by atoms with Crippen molar-refractivity contribution in [1.29, 1.82) is 0 Å². The van der Waals surface area contributed by atoms with E-state index in [1.54, 1.807) is 6.08 Å². The van der Waals surface area contributed by atoms with Crippen molar-refractivity contribution >= 4 is 5.91 Å². The van der Waals surface area contributed by atoms with E-state index in [2.05, 4.69) is 104 Å². The van der Waals surface area contributed by atoms with Gasteiger partial charge in [-0.3, -0.25) is 4.79 Å². The summed E-state index contributed by atoms with van der Waals surface area (Å²) in [4.78, 5) is 12.5. The molecule has 0 aliphatic heterocycles. The number of hydrogen-bond donors (Lipinski definition) is 3. The first-order valence-corrected chi connectivity index (χ1v) is 30.0. The molecule has 0 spiro atoms. The summed E-state index contributed by atoms with van der Waals surface area (Å²) in [6.07, 6.45) is 88.7. The van der Waals surface area contributed by atoms with Crippen LogP contribution in [0.1, 0.15) is 290 Å². The molecule has 2 atom stereocenters. The van der Waals surface area contributed by atoms with Crippen LogP contribution in [-0.4, -0.2) is 34.9 Å². The van der Waals surface area contributed by atoms with Crippen molar-refractivity contribution in [2.45, 2.75) is 302 Å². The maximum atomic E-state index is 12.5. The predicted octanol–water partition coefficient (Wildman–Crippen LogP) is 20.1. The van der Waals surface area contributed by atoms with Gasteiger partial charge in [0.25, 0.3) is 0 Å². The van der Waals surface area contributed by atoms with Crippen LogP contribution < -0.4 is 5.32 Å². The minimum Gasteiger partial charge on any atom is -0.394 e. The van der Waals surface area contributed by atoms with Crippen LogP contribution in [0.15, 0.2) is 97.2 Å². The Morgan fingerprint density at radius 3 is 1.01 bits per heavy atom. The van der Waals surface area contributed by atoms with Crippen molar-refractivity contribution in [3.63, 3.8) is 0 Å². The lowest BCUT2D eigenvalue weighted by atomic mass is 10.0. The third-order valence-corrected chi connectivity index (χ3v) is 13.3. The molecule has 0 rings (SSSR count). The minimum atomic E-state index is -0.870. The number of hydrogen-bond acceptors (Lipinski definition) is 3. The second-order valence-electron chi connectivity index (χ2n) is 20.0. The van der Waals surface area contributed by atoms with Gasteiger partial charge in [0, 0.05) is 6.42 Å². The first-order chi connectivity index (χ1) is 34.2. The number of carbonyl (C=O) groups is 1. The zero-order valence-corrected chi connectivity index (χ0v) is 45.8. The molecule has 0 aromatic rings. The number of aliphatic hydroxyl groups is 2. The largest absolute Gasteiger partial charge is 0.394 e. The van der Waals surface area contributed by atoms with Crippen LogP contribution in [0.2, 0.25) is 0 Å². The van der Waals surface area contributed by atoms with E-state index in [1.165, 1.54) is 199 Å². The summed E-state index contributed by atoms with van der Waals surface area (Å²) in [7, 11) is 0. The quantitative estimate of drug-likeness (QED) is 0.0420. The fourth-order valence-corrected chi connectivity index (χ4v) is 8.79. The fraction of sp³-hybridized carbons (Fsp3) is 0.738. The van der Waals surface area contributed by atoms with Crippen LogP contribution in [0.25, 0.3) is 0 Å². The van der Waals surface area contributed by atoms with Crippen molar-refractivity contribution in [1.82, 2.24) is 5.32 Å². The lowest BCUT2D eigenvalue weighted by molar-refractivity contribution is -0.123. The molecule has 0 aliphatic rings. The van der Waals surface area contributed by atoms with Gasteiger partial charge in [0.05, 0.1) is 18.8 Å². The topological polar surface area (TPSA) is 69.6 Å². The van der Waals surface area contributed by atoms with Gasteiger partial charge in [0.2, 0.25) is 5.91 Å². The molecule has 0 saturated heterocycles. The molecular weight excluding hydrogens is 843 g/mol. The molecule has 2 unspecified atom stereocenters. The summed E-state index contributed by atoms with van der Waals surface area (Å²) in [6.45, 7) is 4.20. The van der Waals surface area contributed by atoms with Crippen molar-refractivity contribution in [3.05, 3.63) is 97.2 Å². The molecule has 69 heavy (non-hydrogen) atoms. The van der Waals surface area contributed by atoms with E-state index in [1.807, 2.05) is 6.08 Å². The summed E-state index contributed by atoms with van der Waals surface area (Å²) in [5, 5.41) is 23.2. The van der Waals surface area contributed by atoms with Gasteiger partial charge in [-0.15, -0.1) is 0 Å². The molecule has 0 bridgehead atoms. The summed E-state index contributed by atoms with van der Waals surface area (Å²) >= 11 is 0. The predicted molar refractivity (Wildman–Crippen MR) is 308 cm³/mol. The molecule has 3 N–H and O–H groups in total. The summed E-state index contributed by atoms with van der Waals surface area (Å²) in [6, 6.07) is -0.647. The Bertz CT molecular complexity index is 1270. The first kappa shape index (κ1) is 66.3. The van der Waals surface area contributed by atoms with Gasteiger partial charge in [0.1, 0.15) is 0 Å². The van der Waals surface area contributed by atoms with Gasteiger partial charge in [-0.2, -0.15) is 0 Å². The van der Waals surface area contributed by atoms with E-state index in [-0.39, 0.29) is 12.5 Å². The zero-order valence-electron chi connectivity index (χ0n) is 45.8. The van der Waals surface area contributed by atoms with E-state index < -0.39 is 12.1 Å². The number of rotatable bonds is 54. The van der Waals surface area contributed by atoms with E-state index >= 15 is 0 Å². The standard InChI is InChI=1S/C65H115NO3/c1-3-5-7-9-11-13-15-17-19-21-23-25-27-29-31-32-33-34-35-37-39-41-43-45-47-49-51-53-55-57-59-61-65(69)66-63(62-67)64(68)60-58-56-54-52-50-48-46-44-42-40-38-36-30-28-26-24-22-20-18-16-14-12-10-8-6-4-2/h5,7,11,13,17,19,23,25,29,31,33-34,50,52,58,60,63-64,67-68H,3-4,6,8-10,12,14-16,18,20-22,24,26-28,30,32,35-49,51,53-57,59,61-62H2,1-2H3,(H,66,69)/b7-5-,13-11-,19-17-,25-23-,31-29-,34-33-,52-50+,60-58+. The number of allylic oxidation sites excluding steroid dienone is 15. The summed E-state index contributed by atoms with van der Waals surface area (Å²) in [5.41, 5.74) is 0. The van der Waals surface area contributed by atoms with Crippen molar-refractivity contribution in [2.24, 2.45) is 0 Å². The highest BCUT2D eigenvalue weighted by Gasteiger charge is 2.18. The maximum Gasteiger partial charge on any atom is 0.220 e. The lowest BCUT2D eigenvalue weighted by Gasteiger charge is -2.19. The molecule has 0 aromatic carbocycles. The molecule has 0 heterocycles. The Morgan fingerprint density at radius 2 is 0.652 bits per heavy atom. The Balaban J connectivity index is 3.56. The average Bonchev–Trinajstić information content (AvgIpc) is 3.35. The SMILES string of the molecule is CC/C=C\C/C=C\C/C=C\C/C=C\C/C=C\C/C=C\CCCCCCCCCCCCCCC(=O)NC(CO)C(O)/C=C/CC/C=C/CCCCCCCCCCCCCCCCCCCCCC. The molecule has 1 amide bonds. The van der Waals surface area contributed by atoms with Crippen LogP contribution in [-0.2, 0) is 4.79 Å². The Kier molecular flexibility index (Phi) is 57.3. The molecule has 4 heteroatoms. The van der Waals surface area contributed by atoms with Crippen LogP contribution in [0.4, 0.5) is 0 Å². The fourth-order valence-electron chi connectivity index (χ4n) is 8.79. The lowest BCUT2D eigenvalue weighted by Crippen LogP contribution is -2.45. The molecule has 398 valence electrons. The smallest absolute Gasteiger partial charge is 0.220 e. The zero-order chi connectivity index (χ0) is 49.9. The van der Waals surface area contributed by atoms with E-state index in [4.69, 9.17) is 0 Å². The normalized spacial score (nSPS) is 13.5. The maximum absolute atomic E-state index is 12.5. The number of carbonyl (C=O) groups excluding carboxylic acids is 1. The van der Waals surface area contributed by atoms with E-state index in [0.717, 1.165) is 70.6 Å². The highest BCUT2D eigenvalue weighted by atomic mass is 16.3. The number of aliphatic hydroxyl groups excluding tert-OH is 2. The van der Waals surface area contributed by atoms with Gasteiger partial charge in [-0.05, 0) is 83.5 Å². The van der Waals surface area contributed by atoms with E-state index in [0.29, 0.717) is 6.42 Å². The third-order valence-electron chi connectivity index (χ3n) is 13.3. The number of nitrogens with one attached hydrogen (secondary N) is 1. The Morgan fingerprint density at radius 1 is 0.362 bits per heavy atom. The Hall–Kier alpha value is -2.69. The molecule has 0 radical (unpaired) electrons. The summed E-state index contributed by atoms with van der Waals surface area (Å²) < 4.78 is 0. The molecule has 0 aromatic heterocycles. The third kappa shape index (κ3) is 56.1. The van der Waals surface area contributed by atoms with Gasteiger partial charge < -0.3 is 15.5 Å². The van der Waals surface area contributed by atoms with Gasteiger partial charge in [0.15, 0.2) is 0 Å². The highest BCUT2D eigenvalue weighted by Crippen LogP contribution is 2.17. The molecule has 4 nitrogen and oxygen atoms in total. The van der Waals surface area contributed by atoms with E-state index in [9.17, 15) is 15.0 Å². The second-order valence-corrected chi connectivity index (χ2v) is 20.0. The van der Waals surface area contributed by atoms with Crippen molar-refractivity contribution in [2.75, 3.05) is 6.61 Å². The summed E-state index contributed by atoms with van der Waals surface area (Å²) in [5.74, 6) is -0.0770. The molecular formula is C65H115NO3. The Labute approximate surface area is 430 Å². The molecule has 0 fully saturated rings. The van der Waals surface area contributed by atoms with Gasteiger partial charge in [-0.25, -0.2) is 0 Å². The van der Waals surface area contributed by atoms with Crippen LogP contribution >= 0.6 is 0 Å². The van der Waals surface area contributed by atoms with Gasteiger partial charge in [-0.1, -0.05) is 297 Å². The average molecular weight is 959 g/mol. The monoisotopic (exact) mass is 958 g/mol. The van der Waals surface area contributed by atoms with Crippen molar-refractivity contribution in [3.8, 4) is 0 Å². The van der Waals surface area contributed by atoms with Gasteiger partial charge >= 0.3 is 0 Å². The minimum absolute atomic E-state index is 0.0770. The van der Waals surface area contributed by atoms with Crippen LogP contribution in [0.5, 0.6) is 0 Å². The second kappa shape index (κ2) is 59.6. The van der Waals surface area contributed by atoms with Crippen LogP contribution in [0, 0.1) is 0 Å². The number of amides is 1. The first-order valence-electron chi connectivity index (χ1n) is 30.0.